The van der Waals surface area contributed by atoms with E-state index in [9.17, 15) is 0 Å². The van der Waals surface area contributed by atoms with Crippen LogP contribution in [0.5, 0.6) is 0 Å². The molecule has 22 heavy (non-hydrogen) atoms. The standard InChI is InChI=1S/C19H29N3/c1-21(14-16-7-4-3-5-8-16)15-18-10-12-22(2)19(18)17-9-6-11-20-13-17/h3-4,6,9,11,13,16,18-19H,5,7-8,10,12,14-15H2,1-2H3/t16-,18-,19-/m0/s1. The maximum atomic E-state index is 4.32. The molecule has 0 spiro atoms. The molecule has 3 nitrogen and oxygen atoms in total. The predicted molar refractivity (Wildman–Crippen MR) is 91.7 cm³/mol. The fourth-order valence-electron chi connectivity index (χ4n) is 4.23. The van der Waals surface area contributed by atoms with E-state index < -0.39 is 0 Å². The van der Waals surface area contributed by atoms with Gasteiger partial charge in [0.15, 0.2) is 0 Å². The van der Waals surface area contributed by atoms with Crippen LogP contribution in [-0.2, 0) is 0 Å². The summed E-state index contributed by atoms with van der Waals surface area (Å²) in [6.45, 7) is 3.64. The molecule has 1 aromatic rings. The zero-order valence-electron chi connectivity index (χ0n) is 14.0. The van der Waals surface area contributed by atoms with E-state index in [2.05, 4.69) is 53.2 Å². The van der Waals surface area contributed by atoms with E-state index in [-0.39, 0.29) is 0 Å². The molecule has 0 aromatic carbocycles. The summed E-state index contributed by atoms with van der Waals surface area (Å²) < 4.78 is 0. The van der Waals surface area contributed by atoms with Crippen LogP contribution in [0.15, 0.2) is 36.7 Å². The average Bonchev–Trinajstić information content (AvgIpc) is 2.89. The maximum Gasteiger partial charge on any atom is 0.0401 e. The van der Waals surface area contributed by atoms with Crippen LogP contribution in [0.3, 0.4) is 0 Å². The molecule has 120 valence electrons. The fraction of sp³-hybridized carbons (Fsp3) is 0.632. The van der Waals surface area contributed by atoms with Gasteiger partial charge in [-0.2, -0.15) is 0 Å². The van der Waals surface area contributed by atoms with Gasteiger partial charge in [-0.05, 0) is 69.8 Å². The Kier molecular flexibility index (Phi) is 5.27. The highest BCUT2D eigenvalue weighted by Crippen LogP contribution is 2.36. The van der Waals surface area contributed by atoms with Gasteiger partial charge in [-0.3, -0.25) is 9.88 Å². The molecular formula is C19H29N3. The lowest BCUT2D eigenvalue weighted by molar-refractivity contribution is 0.195. The number of hydrogen-bond acceptors (Lipinski definition) is 3. The van der Waals surface area contributed by atoms with Crippen molar-refractivity contribution in [3.8, 4) is 0 Å². The first-order valence-electron chi connectivity index (χ1n) is 8.67. The topological polar surface area (TPSA) is 19.4 Å². The van der Waals surface area contributed by atoms with Crippen LogP contribution in [0.4, 0.5) is 0 Å². The molecular weight excluding hydrogens is 270 g/mol. The molecule has 0 unspecified atom stereocenters. The van der Waals surface area contributed by atoms with Crippen molar-refractivity contribution in [2.24, 2.45) is 11.8 Å². The van der Waals surface area contributed by atoms with Gasteiger partial charge >= 0.3 is 0 Å². The first kappa shape index (κ1) is 15.7. The summed E-state index contributed by atoms with van der Waals surface area (Å²) in [4.78, 5) is 9.39. The summed E-state index contributed by atoms with van der Waals surface area (Å²) in [5, 5.41) is 0. The SMILES string of the molecule is CN(C[C@H]1CC=CCC1)C[C@@H]1CCN(C)[C@H]1c1cccnc1. The molecule has 0 N–H and O–H groups in total. The van der Waals surface area contributed by atoms with Crippen molar-refractivity contribution in [2.75, 3.05) is 33.7 Å². The highest BCUT2D eigenvalue weighted by atomic mass is 15.2. The molecule has 0 bridgehead atoms. The lowest BCUT2D eigenvalue weighted by atomic mass is 9.92. The summed E-state index contributed by atoms with van der Waals surface area (Å²) >= 11 is 0. The molecule has 1 saturated heterocycles. The quantitative estimate of drug-likeness (QED) is 0.777. The molecule has 1 aromatic heterocycles. The maximum absolute atomic E-state index is 4.32. The second-order valence-corrected chi connectivity index (χ2v) is 7.13. The van der Waals surface area contributed by atoms with Crippen LogP contribution in [0.25, 0.3) is 0 Å². The van der Waals surface area contributed by atoms with E-state index in [0.717, 1.165) is 11.8 Å². The molecule has 3 heteroatoms. The number of aromatic nitrogens is 1. The van der Waals surface area contributed by atoms with Crippen LogP contribution in [0, 0.1) is 11.8 Å². The van der Waals surface area contributed by atoms with Crippen LogP contribution in [-0.4, -0.2) is 48.5 Å². The summed E-state index contributed by atoms with van der Waals surface area (Å²) in [5.74, 6) is 1.57. The number of rotatable bonds is 5. The van der Waals surface area contributed by atoms with Gasteiger partial charge in [0.25, 0.3) is 0 Å². The lowest BCUT2D eigenvalue weighted by Crippen LogP contribution is -2.33. The Bertz CT molecular complexity index is 485. The summed E-state index contributed by atoms with van der Waals surface area (Å²) in [6, 6.07) is 4.83. The normalized spacial score (nSPS) is 29.3. The van der Waals surface area contributed by atoms with Gasteiger partial charge in [0, 0.05) is 31.5 Å². The zero-order valence-corrected chi connectivity index (χ0v) is 14.0. The van der Waals surface area contributed by atoms with Crippen LogP contribution < -0.4 is 0 Å². The smallest absolute Gasteiger partial charge is 0.0401 e. The third-order valence-corrected chi connectivity index (χ3v) is 5.29. The van der Waals surface area contributed by atoms with Crippen molar-refractivity contribution < 1.29 is 0 Å². The van der Waals surface area contributed by atoms with Crippen molar-refractivity contribution in [1.29, 1.82) is 0 Å². The van der Waals surface area contributed by atoms with Gasteiger partial charge in [0.2, 0.25) is 0 Å². The molecule has 2 aliphatic rings. The van der Waals surface area contributed by atoms with Gasteiger partial charge in [-0.1, -0.05) is 18.2 Å². The molecule has 0 saturated carbocycles. The Morgan fingerprint density at radius 3 is 2.91 bits per heavy atom. The molecule has 0 radical (unpaired) electrons. The fourth-order valence-corrected chi connectivity index (χ4v) is 4.23. The van der Waals surface area contributed by atoms with E-state index in [1.807, 2.05) is 12.4 Å². The van der Waals surface area contributed by atoms with Gasteiger partial charge in [-0.15, -0.1) is 0 Å². The van der Waals surface area contributed by atoms with Crippen molar-refractivity contribution in [1.82, 2.24) is 14.8 Å². The molecule has 1 fully saturated rings. The highest BCUT2D eigenvalue weighted by Gasteiger charge is 2.33. The number of nitrogens with zero attached hydrogens (tertiary/aromatic N) is 3. The average molecular weight is 299 g/mol. The summed E-state index contributed by atoms with van der Waals surface area (Å²) in [6.07, 6.45) is 13.8. The van der Waals surface area contributed by atoms with Crippen molar-refractivity contribution in [3.63, 3.8) is 0 Å². The van der Waals surface area contributed by atoms with E-state index in [0.29, 0.717) is 6.04 Å². The number of pyridine rings is 1. The van der Waals surface area contributed by atoms with E-state index in [1.165, 1.54) is 50.9 Å². The van der Waals surface area contributed by atoms with E-state index in [4.69, 9.17) is 0 Å². The minimum atomic E-state index is 0.530. The van der Waals surface area contributed by atoms with E-state index in [1.54, 1.807) is 0 Å². The molecule has 3 atom stereocenters. The van der Waals surface area contributed by atoms with E-state index >= 15 is 0 Å². The summed E-state index contributed by atoms with van der Waals surface area (Å²) in [7, 11) is 4.56. The predicted octanol–water partition coefficient (Wildman–Crippen LogP) is 3.36. The Morgan fingerprint density at radius 2 is 2.18 bits per heavy atom. The minimum Gasteiger partial charge on any atom is -0.306 e. The van der Waals surface area contributed by atoms with Crippen LogP contribution in [0.1, 0.15) is 37.3 Å². The molecule has 0 amide bonds. The van der Waals surface area contributed by atoms with Crippen LogP contribution in [0.2, 0.25) is 0 Å². The van der Waals surface area contributed by atoms with Crippen molar-refractivity contribution >= 4 is 0 Å². The molecule has 3 rings (SSSR count). The zero-order chi connectivity index (χ0) is 15.4. The third kappa shape index (κ3) is 3.76. The van der Waals surface area contributed by atoms with Crippen molar-refractivity contribution in [3.05, 3.63) is 42.2 Å². The minimum absolute atomic E-state index is 0.530. The Hall–Kier alpha value is -1.19. The highest BCUT2D eigenvalue weighted by molar-refractivity contribution is 5.17. The number of hydrogen-bond donors (Lipinski definition) is 0. The molecule has 1 aliphatic heterocycles. The Labute approximate surface area is 135 Å². The second kappa shape index (κ2) is 7.38. The number of allylic oxidation sites excluding steroid dienone is 2. The Balaban J connectivity index is 1.59. The first-order valence-corrected chi connectivity index (χ1v) is 8.67. The van der Waals surface area contributed by atoms with Crippen LogP contribution >= 0.6 is 0 Å². The Morgan fingerprint density at radius 1 is 1.27 bits per heavy atom. The third-order valence-electron chi connectivity index (χ3n) is 5.29. The van der Waals surface area contributed by atoms with Gasteiger partial charge < -0.3 is 4.90 Å². The van der Waals surface area contributed by atoms with Gasteiger partial charge in [-0.25, -0.2) is 0 Å². The van der Waals surface area contributed by atoms with Gasteiger partial charge in [0.1, 0.15) is 0 Å². The van der Waals surface area contributed by atoms with Crippen molar-refractivity contribution in [2.45, 2.75) is 31.7 Å². The summed E-state index contributed by atoms with van der Waals surface area (Å²) in [5.41, 5.74) is 1.38. The number of likely N-dealkylation sites (tertiary alicyclic amines) is 1. The monoisotopic (exact) mass is 299 g/mol. The molecule has 2 heterocycles. The molecule has 1 aliphatic carbocycles. The second-order valence-electron chi connectivity index (χ2n) is 7.13. The largest absolute Gasteiger partial charge is 0.306 e. The van der Waals surface area contributed by atoms with Gasteiger partial charge in [0.05, 0.1) is 0 Å². The first-order chi connectivity index (χ1) is 10.7. The lowest BCUT2D eigenvalue weighted by Gasteiger charge is -2.31.